The standard InChI is InChI=1S/C21H28O3/c1-14(2)19-10-17(6-7-21(19)24-13-23-5)11-20-15(3)8-18(12-22)9-16(20)4/h6-10,14,22H,11-13H2,1-5H3. The summed E-state index contributed by atoms with van der Waals surface area (Å²) in [6.45, 7) is 8.92. The summed E-state index contributed by atoms with van der Waals surface area (Å²) in [6.07, 6.45) is 0.883. The lowest BCUT2D eigenvalue weighted by atomic mass is 9.92. The summed E-state index contributed by atoms with van der Waals surface area (Å²) < 4.78 is 10.7. The van der Waals surface area contributed by atoms with Crippen molar-refractivity contribution in [2.45, 2.75) is 46.6 Å². The van der Waals surface area contributed by atoms with E-state index >= 15 is 0 Å². The van der Waals surface area contributed by atoms with E-state index in [0.29, 0.717) is 5.92 Å². The van der Waals surface area contributed by atoms with Crippen LogP contribution in [0.25, 0.3) is 0 Å². The van der Waals surface area contributed by atoms with Gasteiger partial charge in [0, 0.05) is 7.11 Å². The Morgan fingerprint density at radius 1 is 1.00 bits per heavy atom. The molecule has 0 amide bonds. The van der Waals surface area contributed by atoms with Crippen molar-refractivity contribution in [2.75, 3.05) is 13.9 Å². The Morgan fingerprint density at radius 3 is 2.21 bits per heavy atom. The van der Waals surface area contributed by atoms with Crippen LogP contribution in [0, 0.1) is 13.8 Å². The average molecular weight is 328 g/mol. The second-order valence-corrected chi connectivity index (χ2v) is 6.62. The Bertz CT molecular complexity index is 666. The summed E-state index contributed by atoms with van der Waals surface area (Å²) in [5.41, 5.74) is 7.22. The van der Waals surface area contributed by atoms with Gasteiger partial charge in [-0.2, -0.15) is 0 Å². The molecule has 2 aromatic rings. The van der Waals surface area contributed by atoms with Crippen molar-refractivity contribution >= 4 is 0 Å². The number of aliphatic hydroxyl groups excluding tert-OH is 1. The summed E-state index contributed by atoms with van der Waals surface area (Å²) in [5, 5.41) is 9.34. The molecule has 0 saturated carbocycles. The molecule has 0 spiro atoms. The van der Waals surface area contributed by atoms with Crippen molar-refractivity contribution in [3.63, 3.8) is 0 Å². The van der Waals surface area contributed by atoms with E-state index in [2.05, 4.69) is 52.0 Å². The highest BCUT2D eigenvalue weighted by atomic mass is 16.7. The summed E-state index contributed by atoms with van der Waals surface area (Å²) in [5.74, 6) is 1.27. The third kappa shape index (κ3) is 4.37. The predicted octanol–water partition coefficient (Wildman–Crippen LogP) is 4.49. The molecule has 24 heavy (non-hydrogen) atoms. The van der Waals surface area contributed by atoms with Crippen LogP contribution in [-0.2, 0) is 17.8 Å². The van der Waals surface area contributed by atoms with Crippen LogP contribution in [0.5, 0.6) is 5.75 Å². The minimum atomic E-state index is 0.0883. The lowest BCUT2D eigenvalue weighted by Crippen LogP contribution is -2.04. The highest BCUT2D eigenvalue weighted by molar-refractivity contribution is 5.44. The molecule has 1 N–H and O–H groups in total. The first-order valence-corrected chi connectivity index (χ1v) is 8.40. The molecule has 0 saturated heterocycles. The Hall–Kier alpha value is -1.84. The third-order valence-corrected chi connectivity index (χ3v) is 4.35. The Labute approximate surface area is 145 Å². The van der Waals surface area contributed by atoms with E-state index in [-0.39, 0.29) is 13.4 Å². The highest BCUT2D eigenvalue weighted by Gasteiger charge is 2.12. The van der Waals surface area contributed by atoms with Gasteiger partial charge in [-0.05, 0) is 65.6 Å². The molecule has 0 atom stereocenters. The van der Waals surface area contributed by atoms with E-state index in [1.54, 1.807) is 7.11 Å². The van der Waals surface area contributed by atoms with Crippen molar-refractivity contribution in [3.05, 3.63) is 63.7 Å². The lowest BCUT2D eigenvalue weighted by Gasteiger charge is -2.17. The van der Waals surface area contributed by atoms with Crippen molar-refractivity contribution in [1.29, 1.82) is 0 Å². The van der Waals surface area contributed by atoms with E-state index in [0.717, 1.165) is 17.7 Å². The van der Waals surface area contributed by atoms with Crippen LogP contribution in [0.15, 0.2) is 30.3 Å². The summed E-state index contributed by atoms with van der Waals surface area (Å²) in [4.78, 5) is 0. The normalized spacial score (nSPS) is 11.1. The highest BCUT2D eigenvalue weighted by Crippen LogP contribution is 2.29. The number of aryl methyl sites for hydroxylation is 2. The summed E-state index contributed by atoms with van der Waals surface area (Å²) in [6, 6.07) is 10.5. The summed E-state index contributed by atoms with van der Waals surface area (Å²) in [7, 11) is 1.63. The maximum Gasteiger partial charge on any atom is 0.188 e. The van der Waals surface area contributed by atoms with E-state index in [9.17, 15) is 5.11 Å². The van der Waals surface area contributed by atoms with Crippen LogP contribution < -0.4 is 4.74 Å². The average Bonchev–Trinajstić information content (AvgIpc) is 2.56. The fraction of sp³-hybridized carbons (Fsp3) is 0.429. The van der Waals surface area contributed by atoms with Gasteiger partial charge < -0.3 is 14.6 Å². The van der Waals surface area contributed by atoms with Gasteiger partial charge in [0.25, 0.3) is 0 Å². The number of ether oxygens (including phenoxy) is 2. The van der Waals surface area contributed by atoms with Gasteiger partial charge >= 0.3 is 0 Å². The van der Waals surface area contributed by atoms with Gasteiger partial charge in [-0.1, -0.05) is 38.1 Å². The van der Waals surface area contributed by atoms with Crippen LogP contribution in [0.3, 0.4) is 0 Å². The van der Waals surface area contributed by atoms with Crippen LogP contribution in [0.1, 0.15) is 53.1 Å². The molecule has 0 aliphatic carbocycles. The zero-order valence-corrected chi connectivity index (χ0v) is 15.3. The molecule has 0 aromatic heterocycles. The molecule has 0 aliphatic rings. The fourth-order valence-electron chi connectivity index (χ4n) is 3.07. The minimum absolute atomic E-state index is 0.0883. The predicted molar refractivity (Wildman–Crippen MR) is 97.7 cm³/mol. The van der Waals surface area contributed by atoms with E-state index < -0.39 is 0 Å². The molecule has 2 aromatic carbocycles. The van der Waals surface area contributed by atoms with Gasteiger partial charge in [-0.3, -0.25) is 0 Å². The van der Waals surface area contributed by atoms with Crippen molar-refractivity contribution < 1.29 is 14.6 Å². The van der Waals surface area contributed by atoms with Crippen LogP contribution in [0.2, 0.25) is 0 Å². The van der Waals surface area contributed by atoms with Crippen molar-refractivity contribution in [3.8, 4) is 5.75 Å². The maximum atomic E-state index is 9.34. The molecule has 0 heterocycles. The number of benzene rings is 2. The van der Waals surface area contributed by atoms with E-state index in [1.807, 2.05) is 6.07 Å². The monoisotopic (exact) mass is 328 g/mol. The largest absolute Gasteiger partial charge is 0.467 e. The van der Waals surface area contributed by atoms with Gasteiger partial charge in [0.1, 0.15) is 5.75 Å². The van der Waals surface area contributed by atoms with Crippen molar-refractivity contribution in [1.82, 2.24) is 0 Å². The number of hydrogen-bond donors (Lipinski definition) is 1. The fourth-order valence-corrected chi connectivity index (χ4v) is 3.07. The van der Waals surface area contributed by atoms with Gasteiger partial charge in [0.05, 0.1) is 6.61 Å². The van der Waals surface area contributed by atoms with Crippen molar-refractivity contribution in [2.24, 2.45) is 0 Å². The second kappa shape index (κ2) is 8.32. The number of hydrogen-bond acceptors (Lipinski definition) is 3. The minimum Gasteiger partial charge on any atom is -0.467 e. The molecule has 0 aliphatic heterocycles. The molecular formula is C21H28O3. The Kier molecular flexibility index (Phi) is 6.41. The van der Waals surface area contributed by atoms with Gasteiger partial charge in [0.15, 0.2) is 6.79 Å². The van der Waals surface area contributed by atoms with Crippen LogP contribution in [0.4, 0.5) is 0 Å². The molecule has 0 unspecified atom stereocenters. The molecular weight excluding hydrogens is 300 g/mol. The number of aliphatic hydroxyl groups is 1. The zero-order valence-electron chi connectivity index (χ0n) is 15.3. The maximum absolute atomic E-state index is 9.34. The Balaban J connectivity index is 2.32. The quantitative estimate of drug-likeness (QED) is 0.761. The molecule has 2 rings (SSSR count). The third-order valence-electron chi connectivity index (χ3n) is 4.35. The van der Waals surface area contributed by atoms with Crippen LogP contribution in [-0.4, -0.2) is 19.0 Å². The van der Waals surface area contributed by atoms with Gasteiger partial charge in [0.2, 0.25) is 0 Å². The molecule has 3 nitrogen and oxygen atoms in total. The summed E-state index contributed by atoms with van der Waals surface area (Å²) >= 11 is 0. The first kappa shape index (κ1) is 18.5. The smallest absolute Gasteiger partial charge is 0.188 e. The second-order valence-electron chi connectivity index (χ2n) is 6.62. The molecule has 130 valence electrons. The first-order chi connectivity index (χ1) is 11.5. The molecule has 0 radical (unpaired) electrons. The number of methoxy groups -OCH3 is 1. The van der Waals surface area contributed by atoms with Crippen LogP contribution >= 0.6 is 0 Å². The topological polar surface area (TPSA) is 38.7 Å². The molecule has 0 fully saturated rings. The van der Waals surface area contributed by atoms with E-state index in [4.69, 9.17) is 9.47 Å². The molecule has 0 bridgehead atoms. The Morgan fingerprint density at radius 2 is 1.67 bits per heavy atom. The molecule has 3 heteroatoms. The first-order valence-electron chi connectivity index (χ1n) is 8.40. The number of rotatable bonds is 7. The van der Waals surface area contributed by atoms with E-state index in [1.165, 1.54) is 27.8 Å². The van der Waals surface area contributed by atoms with Gasteiger partial charge in [-0.15, -0.1) is 0 Å². The zero-order chi connectivity index (χ0) is 17.7. The lowest BCUT2D eigenvalue weighted by molar-refractivity contribution is 0.0502. The SMILES string of the molecule is COCOc1ccc(Cc2c(C)cc(CO)cc2C)cc1C(C)C. The van der Waals surface area contributed by atoms with Gasteiger partial charge in [-0.25, -0.2) is 0 Å².